The van der Waals surface area contributed by atoms with Crippen molar-refractivity contribution in [3.8, 4) is 6.07 Å². The molecule has 0 radical (unpaired) electrons. The van der Waals surface area contributed by atoms with Crippen molar-refractivity contribution in [1.82, 2.24) is 10.6 Å². The second-order valence-corrected chi connectivity index (χ2v) is 6.07. The summed E-state index contributed by atoms with van der Waals surface area (Å²) in [5.41, 5.74) is 2.33. The van der Waals surface area contributed by atoms with E-state index in [9.17, 15) is 14.9 Å². The first-order valence-electron chi connectivity index (χ1n) is 9.00. The Labute approximate surface area is 164 Å². The zero-order chi connectivity index (χ0) is 20.4. The van der Waals surface area contributed by atoms with Crippen LogP contribution in [0.25, 0.3) is 0 Å². The molecule has 0 heterocycles. The standard InChI is InChI=1S/C22H23N3O3/c1-3-28-22(27)19-11-9-17(10-12-19)14-24-15-20(13-23)21(26)25-16(2)18-7-5-4-6-8-18/h4-12,15-16,24H,3,14H2,1-2H3,(H,25,26)/b20-15-. The normalized spacial score (nSPS) is 11.8. The number of nitrogens with zero attached hydrogens (tertiary/aromatic N) is 1. The predicted octanol–water partition coefficient (Wildman–Crippen LogP) is 3.24. The number of nitrogens with one attached hydrogen (secondary N) is 2. The van der Waals surface area contributed by atoms with Crippen LogP contribution in [0.3, 0.4) is 0 Å². The molecule has 0 aliphatic heterocycles. The molecule has 1 unspecified atom stereocenters. The first kappa shape index (κ1) is 20.7. The van der Waals surface area contributed by atoms with E-state index in [1.807, 2.05) is 43.3 Å². The maximum Gasteiger partial charge on any atom is 0.338 e. The van der Waals surface area contributed by atoms with E-state index in [1.54, 1.807) is 31.2 Å². The van der Waals surface area contributed by atoms with Crippen molar-refractivity contribution < 1.29 is 14.3 Å². The van der Waals surface area contributed by atoms with Gasteiger partial charge in [0.2, 0.25) is 0 Å². The first-order valence-corrected chi connectivity index (χ1v) is 9.00. The van der Waals surface area contributed by atoms with Crippen LogP contribution in [0, 0.1) is 11.3 Å². The van der Waals surface area contributed by atoms with Crippen LogP contribution >= 0.6 is 0 Å². The van der Waals surface area contributed by atoms with Gasteiger partial charge < -0.3 is 15.4 Å². The van der Waals surface area contributed by atoms with Gasteiger partial charge in [-0.25, -0.2) is 4.79 Å². The average molecular weight is 377 g/mol. The zero-order valence-corrected chi connectivity index (χ0v) is 15.9. The fourth-order valence-corrected chi connectivity index (χ4v) is 2.49. The number of benzene rings is 2. The summed E-state index contributed by atoms with van der Waals surface area (Å²) in [7, 11) is 0. The largest absolute Gasteiger partial charge is 0.462 e. The lowest BCUT2D eigenvalue weighted by atomic mass is 10.1. The van der Waals surface area contributed by atoms with Crippen LogP contribution in [-0.2, 0) is 16.1 Å². The number of hydrogen-bond acceptors (Lipinski definition) is 5. The summed E-state index contributed by atoms with van der Waals surface area (Å²) in [6.07, 6.45) is 1.40. The van der Waals surface area contributed by atoms with Crippen LogP contribution in [0.2, 0.25) is 0 Å². The molecule has 0 bridgehead atoms. The number of hydrogen-bond donors (Lipinski definition) is 2. The van der Waals surface area contributed by atoms with Crippen LogP contribution in [0.1, 0.15) is 41.4 Å². The van der Waals surface area contributed by atoms with Crippen LogP contribution in [0.4, 0.5) is 0 Å². The minimum Gasteiger partial charge on any atom is -0.462 e. The van der Waals surface area contributed by atoms with E-state index in [4.69, 9.17) is 4.74 Å². The van der Waals surface area contributed by atoms with Crippen molar-refractivity contribution in [2.45, 2.75) is 26.4 Å². The molecule has 1 amide bonds. The van der Waals surface area contributed by atoms with Gasteiger partial charge in [0, 0.05) is 12.7 Å². The molecule has 2 aromatic rings. The zero-order valence-electron chi connectivity index (χ0n) is 15.9. The second-order valence-electron chi connectivity index (χ2n) is 6.07. The highest BCUT2D eigenvalue weighted by atomic mass is 16.5. The lowest BCUT2D eigenvalue weighted by Crippen LogP contribution is -2.28. The minimum absolute atomic E-state index is 0.00840. The Morgan fingerprint density at radius 1 is 1.14 bits per heavy atom. The number of ether oxygens (including phenoxy) is 1. The van der Waals surface area contributed by atoms with Gasteiger partial charge in [-0.3, -0.25) is 4.79 Å². The van der Waals surface area contributed by atoms with Gasteiger partial charge in [-0.15, -0.1) is 0 Å². The van der Waals surface area contributed by atoms with Gasteiger partial charge in [-0.2, -0.15) is 5.26 Å². The quantitative estimate of drug-likeness (QED) is 0.419. The lowest BCUT2D eigenvalue weighted by Gasteiger charge is -2.13. The molecule has 2 rings (SSSR count). The highest BCUT2D eigenvalue weighted by molar-refractivity contribution is 5.97. The van der Waals surface area contributed by atoms with E-state index in [0.717, 1.165) is 11.1 Å². The number of carbonyl (C=O) groups is 2. The summed E-state index contributed by atoms with van der Waals surface area (Å²) in [4.78, 5) is 23.9. The minimum atomic E-state index is -0.441. The molecule has 0 fully saturated rings. The third-order valence-electron chi connectivity index (χ3n) is 4.03. The van der Waals surface area contributed by atoms with Gasteiger partial charge in [-0.1, -0.05) is 42.5 Å². The van der Waals surface area contributed by atoms with E-state index in [-0.39, 0.29) is 17.6 Å². The smallest absolute Gasteiger partial charge is 0.338 e. The number of carbonyl (C=O) groups excluding carboxylic acids is 2. The summed E-state index contributed by atoms with van der Waals surface area (Å²) in [5.74, 6) is -0.804. The monoisotopic (exact) mass is 377 g/mol. The summed E-state index contributed by atoms with van der Waals surface area (Å²) in [6.45, 7) is 4.36. The predicted molar refractivity (Wildman–Crippen MR) is 106 cm³/mol. The van der Waals surface area contributed by atoms with E-state index < -0.39 is 5.91 Å². The Hall–Kier alpha value is -3.59. The molecule has 1 atom stereocenters. The number of rotatable bonds is 8. The van der Waals surface area contributed by atoms with Gasteiger partial charge in [0.05, 0.1) is 18.2 Å². The van der Waals surface area contributed by atoms with Crippen LogP contribution in [0.5, 0.6) is 0 Å². The second kappa shape index (κ2) is 10.5. The first-order chi connectivity index (χ1) is 13.5. The summed E-state index contributed by atoms with van der Waals surface area (Å²) >= 11 is 0. The number of nitriles is 1. The third-order valence-corrected chi connectivity index (χ3v) is 4.03. The Bertz CT molecular complexity index is 868. The molecule has 28 heavy (non-hydrogen) atoms. The van der Waals surface area contributed by atoms with E-state index in [0.29, 0.717) is 18.7 Å². The Morgan fingerprint density at radius 2 is 1.82 bits per heavy atom. The molecule has 2 aromatic carbocycles. The summed E-state index contributed by atoms with van der Waals surface area (Å²) < 4.78 is 4.94. The highest BCUT2D eigenvalue weighted by Crippen LogP contribution is 2.12. The topological polar surface area (TPSA) is 91.2 Å². The van der Waals surface area contributed by atoms with Crippen molar-refractivity contribution >= 4 is 11.9 Å². The molecule has 0 aromatic heterocycles. The van der Waals surface area contributed by atoms with Crippen molar-refractivity contribution in [1.29, 1.82) is 5.26 Å². The summed E-state index contributed by atoms with van der Waals surface area (Å²) in [6, 6.07) is 18.2. The number of esters is 1. The van der Waals surface area contributed by atoms with Gasteiger partial charge in [0.15, 0.2) is 0 Å². The molecule has 6 heteroatoms. The van der Waals surface area contributed by atoms with E-state index in [1.165, 1.54) is 6.20 Å². The molecule has 0 saturated carbocycles. The maximum absolute atomic E-state index is 12.3. The molecule has 0 saturated heterocycles. The fraction of sp³-hybridized carbons (Fsp3) is 0.227. The molecular weight excluding hydrogens is 354 g/mol. The Kier molecular flexibility index (Phi) is 7.79. The average Bonchev–Trinajstić information content (AvgIpc) is 2.72. The lowest BCUT2D eigenvalue weighted by molar-refractivity contribution is -0.117. The maximum atomic E-state index is 12.3. The Morgan fingerprint density at radius 3 is 2.43 bits per heavy atom. The van der Waals surface area contributed by atoms with Gasteiger partial charge in [-0.05, 0) is 37.1 Å². The SMILES string of the molecule is CCOC(=O)c1ccc(CN/C=C(/C#N)C(=O)NC(C)c2ccccc2)cc1. The van der Waals surface area contributed by atoms with Crippen molar-refractivity contribution in [3.63, 3.8) is 0 Å². The van der Waals surface area contributed by atoms with Crippen molar-refractivity contribution in [2.24, 2.45) is 0 Å². The van der Waals surface area contributed by atoms with Crippen LogP contribution < -0.4 is 10.6 Å². The molecule has 6 nitrogen and oxygen atoms in total. The molecule has 0 spiro atoms. The van der Waals surface area contributed by atoms with Crippen molar-refractivity contribution in [2.75, 3.05) is 6.61 Å². The molecular formula is C22H23N3O3. The van der Waals surface area contributed by atoms with Crippen LogP contribution in [0.15, 0.2) is 66.4 Å². The van der Waals surface area contributed by atoms with Crippen molar-refractivity contribution in [3.05, 3.63) is 83.1 Å². The Balaban J connectivity index is 1.91. The highest BCUT2D eigenvalue weighted by Gasteiger charge is 2.13. The third kappa shape index (κ3) is 5.99. The molecule has 0 aliphatic carbocycles. The fourth-order valence-electron chi connectivity index (χ4n) is 2.49. The summed E-state index contributed by atoms with van der Waals surface area (Å²) in [5, 5.41) is 15.0. The number of amides is 1. The molecule has 0 aliphatic rings. The van der Waals surface area contributed by atoms with E-state index >= 15 is 0 Å². The van der Waals surface area contributed by atoms with Gasteiger partial charge in [0.25, 0.3) is 5.91 Å². The van der Waals surface area contributed by atoms with Gasteiger partial charge in [0.1, 0.15) is 11.6 Å². The van der Waals surface area contributed by atoms with Gasteiger partial charge >= 0.3 is 5.97 Å². The van der Waals surface area contributed by atoms with Crippen LogP contribution in [-0.4, -0.2) is 18.5 Å². The van der Waals surface area contributed by atoms with E-state index in [2.05, 4.69) is 10.6 Å². The molecule has 2 N–H and O–H groups in total. The molecule has 144 valence electrons.